The number of dihydropyridines is 1. The van der Waals surface area contributed by atoms with E-state index in [-0.39, 0.29) is 17.1 Å². The van der Waals surface area contributed by atoms with Gasteiger partial charge in [-0.1, -0.05) is 50.2 Å². The number of carbonyl (C=O) groups is 2. The molecule has 0 fully saturated rings. The molecule has 1 aromatic heterocycles. The number of nitrogens with one attached hydrogen (secondary N) is 2. The molecule has 39 heavy (non-hydrogen) atoms. The van der Waals surface area contributed by atoms with Crippen molar-refractivity contribution in [3.05, 3.63) is 107 Å². The van der Waals surface area contributed by atoms with Crippen molar-refractivity contribution < 1.29 is 19.1 Å². The number of carbonyl (C=O) groups excluding carboxylic acids is 2. The maximum atomic E-state index is 13.7. The summed E-state index contributed by atoms with van der Waals surface area (Å²) in [5.74, 6) is 0.328. The molecule has 0 spiro atoms. The molecule has 1 amide bonds. The largest absolute Gasteiger partial charge is 0.493 e. The standard InChI is InChI=1S/C32H33N3O4/c1-20-28(31(37)35-23-11-8-14-33-18-23)29(30-24(34-20)16-32(2,3)17-25(30)36)22-12-13-26(27(15-22)38-4)39-19-21-9-6-5-7-10-21/h5-15,18,29,34H,16-17,19H2,1-4H3,(H,35,37). The molecular weight excluding hydrogens is 490 g/mol. The van der Waals surface area contributed by atoms with Gasteiger partial charge in [0.2, 0.25) is 0 Å². The van der Waals surface area contributed by atoms with Gasteiger partial charge in [0.1, 0.15) is 6.61 Å². The lowest BCUT2D eigenvalue weighted by atomic mass is 9.68. The topological polar surface area (TPSA) is 89.5 Å². The van der Waals surface area contributed by atoms with Crippen LogP contribution in [0, 0.1) is 5.41 Å². The van der Waals surface area contributed by atoms with E-state index < -0.39 is 5.92 Å². The van der Waals surface area contributed by atoms with Crippen molar-refractivity contribution in [2.45, 2.75) is 46.1 Å². The van der Waals surface area contributed by atoms with Crippen molar-refractivity contribution in [2.75, 3.05) is 12.4 Å². The quantitative estimate of drug-likeness (QED) is 0.400. The number of pyridine rings is 1. The number of amides is 1. The van der Waals surface area contributed by atoms with E-state index in [2.05, 4.69) is 29.5 Å². The molecule has 0 saturated heterocycles. The van der Waals surface area contributed by atoms with Gasteiger partial charge >= 0.3 is 0 Å². The van der Waals surface area contributed by atoms with E-state index in [1.807, 2.05) is 55.5 Å². The Kier molecular flexibility index (Phi) is 7.24. The normalized spacial score (nSPS) is 18.3. The van der Waals surface area contributed by atoms with Crippen LogP contribution in [0.2, 0.25) is 0 Å². The summed E-state index contributed by atoms with van der Waals surface area (Å²) in [6, 6.07) is 19.1. The molecule has 1 atom stereocenters. The summed E-state index contributed by atoms with van der Waals surface area (Å²) in [4.78, 5) is 31.5. The fourth-order valence-electron chi connectivity index (χ4n) is 5.42. The molecule has 2 aliphatic rings. The van der Waals surface area contributed by atoms with Gasteiger partial charge < -0.3 is 20.1 Å². The fourth-order valence-corrected chi connectivity index (χ4v) is 5.42. The highest BCUT2D eigenvalue weighted by molar-refractivity contribution is 6.09. The van der Waals surface area contributed by atoms with Gasteiger partial charge in [-0.05, 0) is 54.2 Å². The molecule has 3 aromatic rings. The van der Waals surface area contributed by atoms with E-state index in [1.165, 1.54) is 0 Å². The third-order valence-electron chi connectivity index (χ3n) is 7.16. The second-order valence-corrected chi connectivity index (χ2v) is 10.8. The second-order valence-electron chi connectivity index (χ2n) is 10.8. The average Bonchev–Trinajstić information content (AvgIpc) is 2.91. The van der Waals surface area contributed by atoms with Crippen LogP contribution in [0.3, 0.4) is 0 Å². The van der Waals surface area contributed by atoms with Crippen LogP contribution in [0.4, 0.5) is 5.69 Å². The Morgan fingerprint density at radius 2 is 1.87 bits per heavy atom. The molecule has 1 aliphatic heterocycles. The first-order valence-electron chi connectivity index (χ1n) is 13.1. The predicted octanol–water partition coefficient (Wildman–Crippen LogP) is 5.91. The van der Waals surface area contributed by atoms with Crippen molar-refractivity contribution in [2.24, 2.45) is 5.41 Å². The molecule has 0 radical (unpaired) electrons. The monoisotopic (exact) mass is 523 g/mol. The number of aromatic nitrogens is 1. The maximum absolute atomic E-state index is 13.7. The Morgan fingerprint density at radius 1 is 1.08 bits per heavy atom. The maximum Gasteiger partial charge on any atom is 0.254 e. The number of hydrogen-bond acceptors (Lipinski definition) is 6. The van der Waals surface area contributed by atoms with Gasteiger partial charge in [-0.15, -0.1) is 0 Å². The highest BCUT2D eigenvalue weighted by Crippen LogP contribution is 2.48. The van der Waals surface area contributed by atoms with Gasteiger partial charge in [0.25, 0.3) is 5.91 Å². The van der Waals surface area contributed by atoms with Gasteiger partial charge in [0.15, 0.2) is 17.3 Å². The number of allylic oxidation sites excluding steroid dienone is 3. The van der Waals surface area contributed by atoms with E-state index in [0.29, 0.717) is 47.1 Å². The van der Waals surface area contributed by atoms with Crippen LogP contribution in [-0.4, -0.2) is 23.8 Å². The minimum atomic E-state index is -0.557. The van der Waals surface area contributed by atoms with E-state index in [1.54, 1.807) is 31.6 Å². The smallest absolute Gasteiger partial charge is 0.254 e. The molecule has 0 bridgehead atoms. The number of ether oxygens (including phenoxy) is 2. The molecule has 200 valence electrons. The lowest BCUT2D eigenvalue weighted by molar-refractivity contribution is -0.118. The molecule has 5 rings (SSSR count). The van der Waals surface area contributed by atoms with E-state index in [0.717, 1.165) is 23.2 Å². The van der Waals surface area contributed by atoms with Crippen molar-refractivity contribution in [3.63, 3.8) is 0 Å². The van der Waals surface area contributed by atoms with Crippen molar-refractivity contribution in [1.29, 1.82) is 0 Å². The third-order valence-corrected chi connectivity index (χ3v) is 7.16. The number of rotatable bonds is 7. The van der Waals surface area contributed by atoms with Crippen LogP contribution in [0.25, 0.3) is 0 Å². The summed E-state index contributed by atoms with van der Waals surface area (Å²) in [5.41, 5.74) is 4.96. The predicted molar refractivity (Wildman–Crippen MR) is 150 cm³/mol. The van der Waals surface area contributed by atoms with Gasteiger partial charge in [-0.2, -0.15) is 0 Å². The number of ketones is 1. The molecule has 1 unspecified atom stereocenters. The first-order chi connectivity index (χ1) is 18.8. The molecule has 0 saturated carbocycles. The lowest BCUT2D eigenvalue weighted by Gasteiger charge is -2.39. The molecule has 7 nitrogen and oxygen atoms in total. The summed E-state index contributed by atoms with van der Waals surface area (Å²) in [5, 5.41) is 6.36. The molecule has 7 heteroatoms. The molecular formula is C32H33N3O4. The number of hydrogen-bond donors (Lipinski definition) is 2. The zero-order valence-electron chi connectivity index (χ0n) is 22.7. The van der Waals surface area contributed by atoms with Gasteiger partial charge in [0, 0.05) is 41.1 Å². The Morgan fingerprint density at radius 3 is 2.59 bits per heavy atom. The van der Waals surface area contributed by atoms with Crippen LogP contribution >= 0.6 is 0 Å². The lowest BCUT2D eigenvalue weighted by Crippen LogP contribution is -2.39. The Labute approximate surface area is 228 Å². The average molecular weight is 524 g/mol. The number of anilines is 1. The highest BCUT2D eigenvalue weighted by Gasteiger charge is 2.43. The highest BCUT2D eigenvalue weighted by atomic mass is 16.5. The number of nitrogens with zero attached hydrogens (tertiary/aromatic N) is 1. The van der Waals surface area contributed by atoms with E-state index in [4.69, 9.17) is 9.47 Å². The number of Topliss-reactive ketones (excluding diaryl/α,β-unsaturated/α-hetero) is 1. The van der Waals surface area contributed by atoms with E-state index in [9.17, 15) is 9.59 Å². The Balaban J connectivity index is 1.54. The molecule has 2 heterocycles. The van der Waals surface area contributed by atoms with Crippen LogP contribution in [-0.2, 0) is 16.2 Å². The third kappa shape index (κ3) is 5.58. The van der Waals surface area contributed by atoms with Crippen LogP contribution in [0.5, 0.6) is 11.5 Å². The minimum Gasteiger partial charge on any atom is -0.493 e. The van der Waals surface area contributed by atoms with Crippen LogP contribution in [0.15, 0.2) is 95.6 Å². The zero-order chi connectivity index (χ0) is 27.6. The first kappa shape index (κ1) is 26.2. The number of benzene rings is 2. The molecule has 2 N–H and O–H groups in total. The zero-order valence-corrected chi connectivity index (χ0v) is 22.7. The van der Waals surface area contributed by atoms with Crippen molar-refractivity contribution >= 4 is 17.4 Å². The fraction of sp³-hybridized carbons (Fsp3) is 0.281. The van der Waals surface area contributed by atoms with E-state index >= 15 is 0 Å². The summed E-state index contributed by atoms with van der Waals surface area (Å²) in [6.45, 7) is 6.47. The van der Waals surface area contributed by atoms with Gasteiger partial charge in [-0.25, -0.2) is 0 Å². The first-order valence-corrected chi connectivity index (χ1v) is 13.1. The Bertz CT molecular complexity index is 1460. The molecule has 2 aromatic carbocycles. The van der Waals surface area contributed by atoms with Gasteiger partial charge in [0.05, 0.1) is 19.0 Å². The van der Waals surface area contributed by atoms with Crippen LogP contribution < -0.4 is 20.1 Å². The van der Waals surface area contributed by atoms with Crippen LogP contribution in [0.1, 0.15) is 50.7 Å². The SMILES string of the molecule is COc1cc(C2C(C(=O)Nc3cccnc3)=C(C)NC3=C2C(=O)CC(C)(C)C3)ccc1OCc1ccccc1. The van der Waals surface area contributed by atoms with Crippen molar-refractivity contribution in [3.8, 4) is 11.5 Å². The Hall–Kier alpha value is -4.39. The summed E-state index contributed by atoms with van der Waals surface area (Å²) in [7, 11) is 1.59. The minimum absolute atomic E-state index is 0.0429. The second kappa shape index (κ2) is 10.8. The van der Waals surface area contributed by atoms with Gasteiger partial charge in [-0.3, -0.25) is 14.6 Å². The summed E-state index contributed by atoms with van der Waals surface area (Å²) < 4.78 is 11.8. The summed E-state index contributed by atoms with van der Waals surface area (Å²) in [6.07, 6.45) is 4.38. The molecule has 1 aliphatic carbocycles. The van der Waals surface area contributed by atoms with Crippen molar-refractivity contribution in [1.82, 2.24) is 10.3 Å². The summed E-state index contributed by atoms with van der Waals surface area (Å²) >= 11 is 0. The number of methoxy groups -OCH3 is 1.